The molecule has 0 bridgehead atoms. The second kappa shape index (κ2) is 5.44. The highest BCUT2D eigenvalue weighted by Crippen LogP contribution is 2.18. The standard InChI is InChI=1S/C10H22N2O3S/c1-5-11(6-2)16(13,14)12-7-10(4)15-8-9(12)3/h9-10H,5-8H2,1-4H3. The molecule has 2 unspecified atom stereocenters. The minimum Gasteiger partial charge on any atom is -0.375 e. The van der Waals surface area contributed by atoms with Crippen molar-refractivity contribution in [1.29, 1.82) is 0 Å². The van der Waals surface area contributed by atoms with Gasteiger partial charge >= 0.3 is 0 Å². The van der Waals surface area contributed by atoms with Gasteiger partial charge < -0.3 is 4.74 Å². The molecule has 0 saturated carbocycles. The second-order valence-electron chi connectivity index (χ2n) is 4.15. The van der Waals surface area contributed by atoms with Crippen molar-refractivity contribution in [3.63, 3.8) is 0 Å². The van der Waals surface area contributed by atoms with Crippen molar-refractivity contribution in [2.75, 3.05) is 26.2 Å². The van der Waals surface area contributed by atoms with Gasteiger partial charge in [0.25, 0.3) is 10.2 Å². The highest BCUT2D eigenvalue weighted by Gasteiger charge is 2.35. The number of ether oxygens (including phenoxy) is 1. The zero-order valence-corrected chi connectivity index (χ0v) is 11.3. The maximum absolute atomic E-state index is 12.3. The SMILES string of the molecule is CCN(CC)S(=O)(=O)N1CC(C)OCC1C. The molecule has 0 aliphatic carbocycles. The van der Waals surface area contributed by atoms with Gasteiger partial charge in [0.2, 0.25) is 0 Å². The molecule has 0 spiro atoms. The van der Waals surface area contributed by atoms with Crippen molar-refractivity contribution < 1.29 is 13.2 Å². The molecule has 1 fully saturated rings. The first-order valence-corrected chi connectivity index (χ1v) is 7.21. The summed E-state index contributed by atoms with van der Waals surface area (Å²) in [5.41, 5.74) is 0. The van der Waals surface area contributed by atoms with E-state index in [-0.39, 0.29) is 12.1 Å². The average Bonchev–Trinajstić information content (AvgIpc) is 2.23. The van der Waals surface area contributed by atoms with Crippen molar-refractivity contribution in [2.24, 2.45) is 0 Å². The quantitative estimate of drug-likeness (QED) is 0.737. The second-order valence-corrected chi connectivity index (χ2v) is 6.04. The third-order valence-electron chi connectivity index (χ3n) is 2.88. The lowest BCUT2D eigenvalue weighted by molar-refractivity contribution is -0.0189. The first kappa shape index (κ1) is 13.9. The van der Waals surface area contributed by atoms with Gasteiger partial charge in [0.05, 0.1) is 12.7 Å². The molecule has 96 valence electrons. The molecule has 0 aromatic rings. The molecule has 0 radical (unpaired) electrons. The summed E-state index contributed by atoms with van der Waals surface area (Å²) in [6.07, 6.45) is -0.0264. The summed E-state index contributed by atoms with van der Waals surface area (Å²) in [5.74, 6) is 0. The number of hydrogen-bond acceptors (Lipinski definition) is 3. The average molecular weight is 250 g/mol. The van der Waals surface area contributed by atoms with Gasteiger partial charge in [-0.1, -0.05) is 13.8 Å². The molecule has 2 atom stereocenters. The predicted octanol–water partition coefficient (Wildman–Crippen LogP) is 0.682. The highest BCUT2D eigenvalue weighted by molar-refractivity contribution is 7.86. The Bertz CT molecular complexity index is 314. The number of morpholine rings is 1. The van der Waals surface area contributed by atoms with E-state index in [1.165, 1.54) is 4.31 Å². The molecular formula is C10H22N2O3S. The van der Waals surface area contributed by atoms with Crippen LogP contribution in [0.4, 0.5) is 0 Å². The van der Waals surface area contributed by atoms with Crippen molar-refractivity contribution in [2.45, 2.75) is 39.8 Å². The molecule has 1 saturated heterocycles. The minimum atomic E-state index is -3.32. The summed E-state index contributed by atoms with van der Waals surface area (Å²) in [7, 11) is -3.32. The van der Waals surface area contributed by atoms with E-state index in [1.807, 2.05) is 27.7 Å². The van der Waals surface area contributed by atoms with Crippen LogP contribution in [0.5, 0.6) is 0 Å². The zero-order chi connectivity index (χ0) is 12.3. The molecular weight excluding hydrogens is 228 g/mol. The third kappa shape index (κ3) is 2.74. The Hall–Kier alpha value is -0.170. The first-order chi connectivity index (χ1) is 7.43. The molecule has 16 heavy (non-hydrogen) atoms. The maximum atomic E-state index is 12.3. The van der Waals surface area contributed by atoms with Gasteiger partial charge in [0.1, 0.15) is 0 Å². The monoisotopic (exact) mass is 250 g/mol. The normalized spacial score (nSPS) is 28.6. The lowest BCUT2D eigenvalue weighted by Gasteiger charge is -2.38. The van der Waals surface area contributed by atoms with Gasteiger partial charge in [-0.05, 0) is 13.8 Å². The molecule has 1 rings (SSSR count). The van der Waals surface area contributed by atoms with E-state index in [1.54, 1.807) is 4.31 Å². The summed E-state index contributed by atoms with van der Waals surface area (Å²) >= 11 is 0. The van der Waals surface area contributed by atoms with Crippen molar-refractivity contribution in [1.82, 2.24) is 8.61 Å². The predicted molar refractivity (Wildman–Crippen MR) is 63.4 cm³/mol. The van der Waals surface area contributed by atoms with Crippen molar-refractivity contribution in [3.05, 3.63) is 0 Å². The van der Waals surface area contributed by atoms with Gasteiger partial charge in [-0.3, -0.25) is 0 Å². The van der Waals surface area contributed by atoms with E-state index in [0.717, 1.165) is 0 Å². The van der Waals surface area contributed by atoms with Crippen LogP contribution < -0.4 is 0 Å². The Balaban J connectivity index is 2.88. The Morgan fingerprint density at radius 1 is 1.31 bits per heavy atom. The molecule has 1 aliphatic rings. The molecule has 1 heterocycles. The molecule has 1 aliphatic heterocycles. The van der Waals surface area contributed by atoms with Crippen LogP contribution in [0, 0.1) is 0 Å². The highest BCUT2D eigenvalue weighted by atomic mass is 32.2. The topological polar surface area (TPSA) is 49.9 Å². The van der Waals surface area contributed by atoms with E-state index >= 15 is 0 Å². The van der Waals surface area contributed by atoms with E-state index in [4.69, 9.17) is 4.74 Å². The van der Waals surface area contributed by atoms with Crippen LogP contribution in [0.2, 0.25) is 0 Å². The van der Waals surface area contributed by atoms with Crippen molar-refractivity contribution >= 4 is 10.2 Å². The summed E-state index contributed by atoms with van der Waals surface area (Å²) in [6.45, 7) is 9.44. The number of rotatable bonds is 4. The van der Waals surface area contributed by atoms with Crippen LogP contribution in [-0.2, 0) is 14.9 Å². The number of hydrogen-bond donors (Lipinski definition) is 0. The van der Waals surface area contributed by atoms with Crippen LogP contribution in [0.15, 0.2) is 0 Å². The smallest absolute Gasteiger partial charge is 0.282 e. The van der Waals surface area contributed by atoms with Gasteiger partial charge in [0, 0.05) is 25.7 Å². The molecule has 0 aromatic carbocycles. The fourth-order valence-corrected chi connectivity index (χ4v) is 3.76. The zero-order valence-electron chi connectivity index (χ0n) is 10.5. The fourth-order valence-electron chi connectivity index (χ4n) is 1.89. The molecule has 0 aromatic heterocycles. The Morgan fingerprint density at radius 2 is 1.88 bits per heavy atom. The van der Waals surface area contributed by atoms with Crippen molar-refractivity contribution in [3.8, 4) is 0 Å². The fraction of sp³-hybridized carbons (Fsp3) is 1.00. The molecule has 0 N–H and O–H groups in total. The first-order valence-electron chi connectivity index (χ1n) is 5.82. The number of nitrogens with zero attached hydrogens (tertiary/aromatic N) is 2. The van der Waals surface area contributed by atoms with E-state index in [9.17, 15) is 8.42 Å². The summed E-state index contributed by atoms with van der Waals surface area (Å²) < 4.78 is 33.1. The van der Waals surface area contributed by atoms with Gasteiger partial charge in [0.15, 0.2) is 0 Å². The lowest BCUT2D eigenvalue weighted by Crippen LogP contribution is -2.54. The van der Waals surface area contributed by atoms with Crippen LogP contribution in [-0.4, -0.2) is 55.4 Å². The summed E-state index contributed by atoms with van der Waals surface area (Å²) in [5, 5.41) is 0. The molecule has 6 heteroatoms. The Labute approximate surface area is 98.5 Å². The molecule has 0 amide bonds. The Kier molecular flexibility index (Phi) is 4.73. The molecule has 5 nitrogen and oxygen atoms in total. The van der Waals surface area contributed by atoms with E-state index in [2.05, 4.69) is 0 Å². The van der Waals surface area contributed by atoms with E-state index < -0.39 is 10.2 Å². The maximum Gasteiger partial charge on any atom is 0.282 e. The summed E-state index contributed by atoms with van der Waals surface area (Å²) in [6, 6.07) is -0.0817. The van der Waals surface area contributed by atoms with E-state index in [0.29, 0.717) is 26.2 Å². The largest absolute Gasteiger partial charge is 0.375 e. The van der Waals surface area contributed by atoms with Gasteiger partial charge in [-0.2, -0.15) is 17.0 Å². The van der Waals surface area contributed by atoms with Crippen LogP contribution >= 0.6 is 0 Å². The van der Waals surface area contributed by atoms with Gasteiger partial charge in [-0.15, -0.1) is 0 Å². The van der Waals surface area contributed by atoms with Gasteiger partial charge in [-0.25, -0.2) is 0 Å². The summed E-state index contributed by atoms with van der Waals surface area (Å²) in [4.78, 5) is 0. The Morgan fingerprint density at radius 3 is 2.38 bits per heavy atom. The van der Waals surface area contributed by atoms with Crippen LogP contribution in [0.1, 0.15) is 27.7 Å². The van der Waals surface area contributed by atoms with Crippen LogP contribution in [0.3, 0.4) is 0 Å². The minimum absolute atomic E-state index is 0.0264. The lowest BCUT2D eigenvalue weighted by atomic mass is 10.2. The third-order valence-corrected chi connectivity index (χ3v) is 5.15. The van der Waals surface area contributed by atoms with Crippen LogP contribution in [0.25, 0.3) is 0 Å².